The molecular formula is C17H21N6O3+. The quantitative estimate of drug-likeness (QED) is 0.562. The third-order valence-corrected chi connectivity index (χ3v) is 4.67. The van der Waals surface area contributed by atoms with Gasteiger partial charge in [0.05, 0.1) is 12.7 Å². The van der Waals surface area contributed by atoms with Crippen LogP contribution in [0.2, 0.25) is 0 Å². The zero-order valence-corrected chi connectivity index (χ0v) is 14.9. The molecule has 26 heavy (non-hydrogen) atoms. The number of hydrogen-bond acceptors (Lipinski definition) is 5. The molecular weight excluding hydrogens is 336 g/mol. The van der Waals surface area contributed by atoms with E-state index in [1.54, 1.807) is 17.9 Å². The van der Waals surface area contributed by atoms with E-state index in [1.807, 2.05) is 38.2 Å². The Hall–Kier alpha value is -3.07. The van der Waals surface area contributed by atoms with E-state index >= 15 is 0 Å². The minimum atomic E-state index is -0.759. The van der Waals surface area contributed by atoms with Gasteiger partial charge in [-0.3, -0.25) is 14.5 Å². The van der Waals surface area contributed by atoms with Crippen LogP contribution in [-0.2, 0) is 9.59 Å². The van der Waals surface area contributed by atoms with Gasteiger partial charge in [-0.1, -0.05) is 12.1 Å². The number of amides is 4. The summed E-state index contributed by atoms with van der Waals surface area (Å²) in [7, 11) is 1.88. The number of hydrogen-bond donors (Lipinski definition) is 1. The first kappa shape index (κ1) is 17.7. The van der Waals surface area contributed by atoms with Gasteiger partial charge in [0.1, 0.15) is 18.7 Å². The summed E-state index contributed by atoms with van der Waals surface area (Å²) in [5.41, 5.74) is 1.94. The highest BCUT2D eigenvalue weighted by molar-refractivity contribution is 6.44. The minimum Gasteiger partial charge on any atom is -0.314 e. The van der Waals surface area contributed by atoms with E-state index < -0.39 is 17.8 Å². The molecule has 0 aliphatic carbocycles. The van der Waals surface area contributed by atoms with Crippen molar-refractivity contribution in [1.82, 2.24) is 24.6 Å². The number of carbonyl (C=O) groups excluding carboxylic acids is 3. The first-order valence-electron chi connectivity index (χ1n) is 8.38. The van der Waals surface area contributed by atoms with Crippen LogP contribution in [0.3, 0.4) is 0 Å². The van der Waals surface area contributed by atoms with Crippen LogP contribution < -0.4 is 4.90 Å². The number of aromatic nitrogens is 3. The molecule has 1 unspecified atom stereocenters. The summed E-state index contributed by atoms with van der Waals surface area (Å²) in [5, 5.41) is 4.09. The van der Waals surface area contributed by atoms with Crippen molar-refractivity contribution in [3.05, 3.63) is 42.5 Å². The lowest BCUT2D eigenvalue weighted by Crippen LogP contribution is -3.10. The summed E-state index contributed by atoms with van der Waals surface area (Å²) in [6.07, 6.45) is 3.09. The van der Waals surface area contributed by atoms with Crippen LogP contribution in [0.25, 0.3) is 5.69 Å². The number of nitrogens with one attached hydrogen (secondary N) is 1. The molecule has 1 aliphatic heterocycles. The molecule has 1 saturated heterocycles. The molecule has 2 atom stereocenters. The van der Waals surface area contributed by atoms with Crippen molar-refractivity contribution in [2.45, 2.75) is 19.9 Å². The molecule has 0 bridgehead atoms. The topological polar surface area (TPSA) is 92.8 Å². The molecule has 1 aromatic carbocycles. The van der Waals surface area contributed by atoms with E-state index in [4.69, 9.17) is 0 Å². The predicted molar refractivity (Wildman–Crippen MR) is 91.2 cm³/mol. The number of imide groups is 2. The molecule has 2 aromatic rings. The SMILES string of the molecule is CCN1C(=O)C(=O)N(C[NH+](C)[C@H](C)c2ccc(-n3cncn3)cc2)C1=O. The maximum atomic E-state index is 12.2. The van der Waals surface area contributed by atoms with Crippen LogP contribution in [0.4, 0.5) is 4.79 Å². The van der Waals surface area contributed by atoms with Gasteiger partial charge in [0.25, 0.3) is 0 Å². The van der Waals surface area contributed by atoms with Crippen molar-refractivity contribution in [1.29, 1.82) is 0 Å². The minimum absolute atomic E-state index is 0.0196. The number of likely N-dealkylation sites (N-methyl/N-ethyl adjacent to an activating group) is 1. The van der Waals surface area contributed by atoms with Crippen molar-refractivity contribution in [2.75, 3.05) is 20.3 Å². The lowest BCUT2D eigenvalue weighted by atomic mass is 10.1. The zero-order valence-electron chi connectivity index (χ0n) is 14.9. The molecule has 0 spiro atoms. The Balaban J connectivity index is 1.70. The van der Waals surface area contributed by atoms with Crippen LogP contribution in [0.1, 0.15) is 25.5 Å². The number of rotatable bonds is 6. The molecule has 0 saturated carbocycles. The Kier molecular flexibility index (Phi) is 4.81. The second kappa shape index (κ2) is 7.04. The summed E-state index contributed by atoms with van der Waals surface area (Å²) in [4.78, 5) is 42.9. The third kappa shape index (κ3) is 3.08. The molecule has 136 valence electrons. The summed E-state index contributed by atoms with van der Waals surface area (Å²) >= 11 is 0. The van der Waals surface area contributed by atoms with Crippen molar-refractivity contribution in [3.8, 4) is 5.69 Å². The van der Waals surface area contributed by atoms with Crippen LogP contribution in [0.15, 0.2) is 36.9 Å². The summed E-state index contributed by atoms with van der Waals surface area (Å²) in [6.45, 7) is 4.00. The van der Waals surface area contributed by atoms with Gasteiger partial charge in [0, 0.05) is 12.1 Å². The smallest absolute Gasteiger partial charge is 0.314 e. The summed E-state index contributed by atoms with van der Waals surface area (Å²) < 4.78 is 1.66. The van der Waals surface area contributed by atoms with E-state index in [0.717, 1.165) is 26.0 Å². The Morgan fingerprint density at radius 3 is 2.27 bits per heavy atom. The van der Waals surface area contributed by atoms with Gasteiger partial charge in [0.15, 0.2) is 6.67 Å². The fourth-order valence-corrected chi connectivity index (χ4v) is 2.90. The lowest BCUT2D eigenvalue weighted by molar-refractivity contribution is -0.917. The number of urea groups is 1. The first-order valence-corrected chi connectivity index (χ1v) is 8.38. The number of carbonyl (C=O) groups is 3. The molecule has 1 aromatic heterocycles. The average Bonchev–Trinajstić information content (AvgIpc) is 3.25. The van der Waals surface area contributed by atoms with Crippen molar-refractivity contribution >= 4 is 17.8 Å². The lowest BCUT2D eigenvalue weighted by Gasteiger charge is -2.25. The standard InChI is InChI=1S/C17H20N6O3/c1-4-21-15(24)16(25)22(17(21)26)11-20(3)12(2)13-5-7-14(8-6-13)23-10-18-9-19-23/h5-10,12H,4,11H2,1-3H3/p+1/t12-/m1/s1. The highest BCUT2D eigenvalue weighted by Gasteiger charge is 2.45. The van der Waals surface area contributed by atoms with Gasteiger partial charge in [-0.2, -0.15) is 5.10 Å². The van der Waals surface area contributed by atoms with Gasteiger partial charge in [-0.15, -0.1) is 0 Å². The number of nitrogens with zero attached hydrogens (tertiary/aromatic N) is 5. The Labute approximate surface area is 150 Å². The highest BCUT2D eigenvalue weighted by atomic mass is 16.2. The zero-order chi connectivity index (χ0) is 18.8. The molecule has 4 amide bonds. The number of benzene rings is 1. The predicted octanol–water partition coefficient (Wildman–Crippen LogP) is -0.389. The molecule has 1 fully saturated rings. The Morgan fingerprint density at radius 1 is 1.08 bits per heavy atom. The van der Waals surface area contributed by atoms with Crippen LogP contribution in [0.5, 0.6) is 0 Å². The largest absolute Gasteiger partial charge is 0.338 e. The van der Waals surface area contributed by atoms with Crippen LogP contribution >= 0.6 is 0 Å². The van der Waals surface area contributed by atoms with Gasteiger partial charge in [-0.25, -0.2) is 19.4 Å². The van der Waals surface area contributed by atoms with Gasteiger partial charge < -0.3 is 4.90 Å². The monoisotopic (exact) mass is 357 g/mol. The molecule has 9 nitrogen and oxygen atoms in total. The maximum absolute atomic E-state index is 12.2. The molecule has 9 heteroatoms. The van der Waals surface area contributed by atoms with Crippen molar-refractivity contribution < 1.29 is 19.3 Å². The van der Waals surface area contributed by atoms with E-state index in [9.17, 15) is 14.4 Å². The second-order valence-corrected chi connectivity index (χ2v) is 6.22. The third-order valence-electron chi connectivity index (χ3n) is 4.67. The van der Waals surface area contributed by atoms with Gasteiger partial charge >= 0.3 is 17.8 Å². The Morgan fingerprint density at radius 2 is 1.73 bits per heavy atom. The van der Waals surface area contributed by atoms with E-state index in [-0.39, 0.29) is 19.3 Å². The second-order valence-electron chi connectivity index (χ2n) is 6.22. The molecule has 3 rings (SSSR count). The van der Waals surface area contributed by atoms with Crippen molar-refractivity contribution in [2.24, 2.45) is 0 Å². The fourth-order valence-electron chi connectivity index (χ4n) is 2.90. The van der Waals surface area contributed by atoms with Crippen LogP contribution in [-0.4, -0.2) is 62.7 Å². The average molecular weight is 357 g/mol. The van der Waals surface area contributed by atoms with Crippen LogP contribution in [0, 0.1) is 0 Å². The van der Waals surface area contributed by atoms with Gasteiger partial charge in [0.2, 0.25) is 0 Å². The maximum Gasteiger partial charge on any atom is 0.338 e. The molecule has 0 radical (unpaired) electrons. The highest BCUT2D eigenvalue weighted by Crippen LogP contribution is 2.14. The van der Waals surface area contributed by atoms with E-state index in [0.29, 0.717) is 0 Å². The van der Waals surface area contributed by atoms with E-state index in [2.05, 4.69) is 10.1 Å². The molecule has 1 N–H and O–H groups in total. The fraction of sp³-hybridized carbons (Fsp3) is 0.353. The van der Waals surface area contributed by atoms with Gasteiger partial charge in [-0.05, 0) is 26.0 Å². The molecule has 2 heterocycles. The summed E-state index contributed by atoms with van der Waals surface area (Å²) in [5.74, 6) is -1.51. The van der Waals surface area contributed by atoms with E-state index in [1.165, 1.54) is 6.33 Å². The number of quaternary nitrogens is 1. The van der Waals surface area contributed by atoms with Crippen molar-refractivity contribution in [3.63, 3.8) is 0 Å². The first-order chi connectivity index (χ1) is 12.4. The Bertz CT molecular complexity index is 818. The summed E-state index contributed by atoms with van der Waals surface area (Å²) in [6, 6.07) is 7.29. The normalized spacial score (nSPS) is 17.1. The molecule has 1 aliphatic rings.